The van der Waals surface area contributed by atoms with Gasteiger partial charge in [0, 0.05) is 31.1 Å². The van der Waals surface area contributed by atoms with Gasteiger partial charge in [-0.1, -0.05) is 24.3 Å². The number of fused-ring (bicyclic) bond motifs is 1. The molecule has 0 aliphatic carbocycles. The fourth-order valence-electron chi connectivity index (χ4n) is 5.19. The maximum atomic E-state index is 13.4. The summed E-state index contributed by atoms with van der Waals surface area (Å²) in [6.07, 6.45) is 2.76. The number of nitrogens with zero attached hydrogens (tertiary/aromatic N) is 3. The molecule has 3 aliphatic rings. The van der Waals surface area contributed by atoms with Crippen molar-refractivity contribution in [3.05, 3.63) is 52.3 Å². The molecule has 1 N–H and O–H groups in total. The van der Waals surface area contributed by atoms with Crippen LogP contribution in [0.1, 0.15) is 58.6 Å². The highest BCUT2D eigenvalue weighted by atomic mass is 16.5. The second-order valence-electron chi connectivity index (χ2n) is 9.51. The number of likely N-dealkylation sites (tertiary alicyclic amines) is 1. The number of hydrogen-bond acceptors (Lipinski definition) is 4. The van der Waals surface area contributed by atoms with Crippen LogP contribution in [0.5, 0.6) is 0 Å². The minimum absolute atomic E-state index is 0.00918. The van der Waals surface area contributed by atoms with Gasteiger partial charge in [0.1, 0.15) is 0 Å². The number of carbonyl (C=O) groups excluding carboxylic acids is 2. The molecule has 1 aromatic heterocycles. The molecule has 1 unspecified atom stereocenters. The Morgan fingerprint density at radius 3 is 2.74 bits per heavy atom. The zero-order valence-electron chi connectivity index (χ0n) is 18.3. The molecule has 31 heavy (non-hydrogen) atoms. The van der Waals surface area contributed by atoms with Gasteiger partial charge in [0.25, 0.3) is 5.91 Å². The van der Waals surface area contributed by atoms with Crippen LogP contribution < -0.4 is 0 Å². The van der Waals surface area contributed by atoms with Crippen molar-refractivity contribution < 1.29 is 14.3 Å². The van der Waals surface area contributed by atoms with E-state index in [0.29, 0.717) is 44.3 Å². The third-order valence-corrected chi connectivity index (χ3v) is 7.12. The predicted octanol–water partition coefficient (Wildman–Crippen LogP) is 2.66. The largest absolute Gasteiger partial charge is 0.379 e. The molecular weight excluding hydrogens is 392 g/mol. The fraction of sp³-hybridized carbons (Fsp3) is 0.542. The normalized spacial score (nSPS) is 22.6. The van der Waals surface area contributed by atoms with Gasteiger partial charge in [-0.3, -0.25) is 14.7 Å². The van der Waals surface area contributed by atoms with Gasteiger partial charge in [-0.25, -0.2) is 0 Å². The van der Waals surface area contributed by atoms with Crippen molar-refractivity contribution in [3.8, 4) is 0 Å². The zero-order chi connectivity index (χ0) is 21.6. The van der Waals surface area contributed by atoms with E-state index in [1.54, 1.807) is 0 Å². The number of hydrogen-bond donors (Lipinski definition) is 1. The van der Waals surface area contributed by atoms with Gasteiger partial charge < -0.3 is 14.5 Å². The van der Waals surface area contributed by atoms with Gasteiger partial charge in [-0.05, 0) is 44.2 Å². The SMILES string of the molecule is Cc1ccccc1C1CCCN(C(=O)c2n[nH]c3c2CCN(C(=O)C2(C)COC2)C3)C1. The number of rotatable bonds is 3. The Kier molecular flexibility index (Phi) is 5.08. The lowest BCUT2D eigenvalue weighted by Crippen LogP contribution is -2.54. The minimum Gasteiger partial charge on any atom is -0.379 e. The van der Waals surface area contributed by atoms with E-state index in [9.17, 15) is 9.59 Å². The first-order valence-electron chi connectivity index (χ1n) is 11.2. The summed E-state index contributed by atoms with van der Waals surface area (Å²) >= 11 is 0. The third-order valence-electron chi connectivity index (χ3n) is 7.12. The Balaban J connectivity index is 1.30. The van der Waals surface area contributed by atoms with Crippen LogP contribution in [0.3, 0.4) is 0 Å². The molecule has 0 spiro atoms. The number of aromatic nitrogens is 2. The summed E-state index contributed by atoms with van der Waals surface area (Å²) in [5.74, 6) is 0.506. The predicted molar refractivity (Wildman–Crippen MR) is 116 cm³/mol. The maximum absolute atomic E-state index is 13.4. The molecule has 2 amide bonds. The number of carbonyl (C=O) groups is 2. The van der Waals surface area contributed by atoms with E-state index >= 15 is 0 Å². The first kappa shape index (κ1) is 20.2. The van der Waals surface area contributed by atoms with E-state index in [1.165, 1.54) is 11.1 Å². The summed E-state index contributed by atoms with van der Waals surface area (Å²) in [6.45, 7) is 7.67. The van der Waals surface area contributed by atoms with E-state index < -0.39 is 5.41 Å². The van der Waals surface area contributed by atoms with Gasteiger partial charge in [0.15, 0.2) is 5.69 Å². The van der Waals surface area contributed by atoms with Crippen molar-refractivity contribution in [3.63, 3.8) is 0 Å². The van der Waals surface area contributed by atoms with Crippen LogP contribution in [0.15, 0.2) is 24.3 Å². The van der Waals surface area contributed by atoms with Gasteiger partial charge in [0.05, 0.1) is 30.9 Å². The first-order valence-corrected chi connectivity index (χ1v) is 11.2. The van der Waals surface area contributed by atoms with Crippen molar-refractivity contribution >= 4 is 11.8 Å². The quantitative estimate of drug-likeness (QED) is 0.825. The van der Waals surface area contributed by atoms with Crippen molar-refractivity contribution in [2.45, 2.75) is 45.6 Å². The number of aryl methyl sites for hydroxylation is 1. The molecule has 1 aromatic carbocycles. The first-order chi connectivity index (χ1) is 15.0. The molecule has 0 radical (unpaired) electrons. The summed E-state index contributed by atoms with van der Waals surface area (Å²) in [7, 11) is 0. The summed E-state index contributed by atoms with van der Waals surface area (Å²) in [5.41, 5.74) is 4.61. The molecule has 0 bridgehead atoms. The highest BCUT2D eigenvalue weighted by Gasteiger charge is 2.44. The number of H-pyrrole nitrogens is 1. The zero-order valence-corrected chi connectivity index (χ0v) is 18.3. The summed E-state index contributed by atoms with van der Waals surface area (Å²) in [5, 5.41) is 7.45. The van der Waals surface area contributed by atoms with Crippen LogP contribution in [-0.4, -0.2) is 64.7 Å². The third kappa shape index (κ3) is 3.55. The summed E-state index contributed by atoms with van der Waals surface area (Å²) in [4.78, 5) is 30.0. The Morgan fingerprint density at radius 2 is 2.00 bits per heavy atom. The van der Waals surface area contributed by atoms with Crippen LogP contribution in [-0.2, 0) is 22.5 Å². The van der Waals surface area contributed by atoms with Crippen LogP contribution in [0.25, 0.3) is 0 Å². The minimum atomic E-state index is -0.408. The van der Waals surface area contributed by atoms with Crippen LogP contribution in [0.2, 0.25) is 0 Å². The Bertz CT molecular complexity index is 1010. The number of nitrogens with one attached hydrogen (secondary N) is 1. The van der Waals surface area contributed by atoms with Crippen molar-refractivity contribution in [1.29, 1.82) is 0 Å². The molecule has 164 valence electrons. The number of benzene rings is 1. The number of aromatic amines is 1. The lowest BCUT2D eigenvalue weighted by Gasteiger charge is -2.41. The molecule has 7 heteroatoms. The fourth-order valence-corrected chi connectivity index (χ4v) is 5.19. The lowest BCUT2D eigenvalue weighted by molar-refractivity contribution is -0.169. The highest BCUT2D eigenvalue weighted by Crippen LogP contribution is 2.33. The Hall–Kier alpha value is -2.67. The molecule has 7 nitrogen and oxygen atoms in total. The van der Waals surface area contributed by atoms with E-state index in [4.69, 9.17) is 4.74 Å². The monoisotopic (exact) mass is 422 g/mol. The number of piperidine rings is 1. The topological polar surface area (TPSA) is 78.5 Å². The number of amides is 2. The van der Waals surface area contributed by atoms with Crippen LogP contribution in [0, 0.1) is 12.3 Å². The Labute approximate surface area is 182 Å². The van der Waals surface area contributed by atoms with Gasteiger partial charge in [-0.2, -0.15) is 5.10 Å². The second-order valence-corrected chi connectivity index (χ2v) is 9.51. The van der Waals surface area contributed by atoms with E-state index in [0.717, 1.165) is 37.2 Å². The average Bonchev–Trinajstić information content (AvgIpc) is 3.20. The highest BCUT2D eigenvalue weighted by molar-refractivity contribution is 5.94. The molecular formula is C24H30N4O3. The Morgan fingerprint density at radius 1 is 1.19 bits per heavy atom. The smallest absolute Gasteiger partial charge is 0.274 e. The van der Waals surface area contributed by atoms with Crippen molar-refractivity contribution in [2.75, 3.05) is 32.8 Å². The molecule has 1 atom stereocenters. The maximum Gasteiger partial charge on any atom is 0.274 e. The molecule has 2 saturated heterocycles. The van der Waals surface area contributed by atoms with Gasteiger partial charge >= 0.3 is 0 Å². The summed E-state index contributed by atoms with van der Waals surface area (Å²) < 4.78 is 5.25. The van der Waals surface area contributed by atoms with Crippen molar-refractivity contribution in [2.24, 2.45) is 5.41 Å². The molecule has 3 aliphatic heterocycles. The summed E-state index contributed by atoms with van der Waals surface area (Å²) in [6, 6.07) is 8.47. The van der Waals surface area contributed by atoms with Crippen LogP contribution >= 0.6 is 0 Å². The lowest BCUT2D eigenvalue weighted by atomic mass is 9.86. The van der Waals surface area contributed by atoms with Gasteiger partial charge in [-0.15, -0.1) is 0 Å². The average molecular weight is 423 g/mol. The molecule has 5 rings (SSSR count). The molecule has 2 fully saturated rings. The molecule has 2 aromatic rings. The van der Waals surface area contributed by atoms with E-state index in [2.05, 4.69) is 41.4 Å². The van der Waals surface area contributed by atoms with E-state index in [-0.39, 0.29) is 11.8 Å². The number of ether oxygens (including phenoxy) is 1. The van der Waals surface area contributed by atoms with Gasteiger partial charge in [0.2, 0.25) is 5.91 Å². The van der Waals surface area contributed by atoms with Crippen molar-refractivity contribution in [1.82, 2.24) is 20.0 Å². The molecule has 4 heterocycles. The second kappa shape index (κ2) is 7.79. The standard InChI is InChI=1S/C24H30N4O3/c1-16-6-3-4-8-18(16)17-7-5-10-27(12-17)22(29)21-19-9-11-28(13-20(19)25-26-21)23(30)24(2)14-31-15-24/h3-4,6,8,17H,5,7,9-15H2,1-2H3,(H,25,26). The van der Waals surface area contributed by atoms with E-state index in [1.807, 2.05) is 16.7 Å². The van der Waals surface area contributed by atoms with Crippen LogP contribution in [0.4, 0.5) is 0 Å². The molecule has 0 saturated carbocycles.